The van der Waals surface area contributed by atoms with Gasteiger partial charge in [0.1, 0.15) is 23.0 Å². The summed E-state index contributed by atoms with van der Waals surface area (Å²) in [6.45, 7) is 4.46. The first-order chi connectivity index (χ1) is 19.1. The lowest BCUT2D eigenvalue weighted by molar-refractivity contribution is 0.0146. The molecule has 4 rings (SSSR count). The van der Waals surface area contributed by atoms with E-state index in [1.807, 2.05) is 135 Å². The SMILES string of the molecule is CC(COCC(C)OP(Oc1ccccc1)Oc1ccccc1)OP(Oc1ccccc1)Oc1ccccc1. The van der Waals surface area contributed by atoms with E-state index in [0.29, 0.717) is 36.2 Å². The van der Waals surface area contributed by atoms with Crippen LogP contribution in [0.3, 0.4) is 0 Å². The minimum Gasteiger partial charge on any atom is -0.418 e. The van der Waals surface area contributed by atoms with E-state index < -0.39 is 17.2 Å². The minimum absolute atomic E-state index is 0.293. The maximum absolute atomic E-state index is 6.09. The molecule has 0 radical (unpaired) electrons. The Labute approximate surface area is 232 Å². The van der Waals surface area contributed by atoms with Gasteiger partial charge in [0.25, 0.3) is 0 Å². The van der Waals surface area contributed by atoms with Crippen LogP contribution in [-0.4, -0.2) is 25.4 Å². The summed E-state index contributed by atoms with van der Waals surface area (Å²) >= 11 is 0. The summed E-state index contributed by atoms with van der Waals surface area (Å²) in [4.78, 5) is 0. The van der Waals surface area contributed by atoms with Crippen molar-refractivity contribution < 1.29 is 31.9 Å². The summed E-state index contributed by atoms with van der Waals surface area (Å²) in [5.41, 5.74) is 0. The summed E-state index contributed by atoms with van der Waals surface area (Å²) in [5.74, 6) is 2.67. The quantitative estimate of drug-likeness (QED) is 0.126. The third-order valence-electron chi connectivity index (χ3n) is 4.93. The van der Waals surface area contributed by atoms with E-state index in [4.69, 9.17) is 31.9 Å². The molecule has 39 heavy (non-hydrogen) atoms. The van der Waals surface area contributed by atoms with Crippen LogP contribution in [0.2, 0.25) is 0 Å². The normalized spacial score (nSPS) is 12.6. The second-order valence-corrected chi connectivity index (χ2v) is 10.5. The van der Waals surface area contributed by atoms with Crippen molar-refractivity contribution in [1.82, 2.24) is 0 Å². The van der Waals surface area contributed by atoms with Crippen LogP contribution in [0, 0.1) is 0 Å². The molecule has 0 aromatic heterocycles. The van der Waals surface area contributed by atoms with Crippen molar-refractivity contribution in [2.45, 2.75) is 26.1 Å². The third-order valence-corrected chi connectivity index (χ3v) is 7.43. The minimum atomic E-state index is -1.70. The average Bonchev–Trinajstić information content (AvgIpc) is 2.95. The fraction of sp³-hybridized carbons (Fsp3) is 0.200. The van der Waals surface area contributed by atoms with Gasteiger partial charge in [0.15, 0.2) is 0 Å². The summed E-state index contributed by atoms with van der Waals surface area (Å²) in [5, 5.41) is 0. The standard InChI is InChI=1S/C30H32O7P2/c1-25(32-38(34-27-15-7-3-8-16-27)35-28-17-9-4-10-18-28)23-31-24-26(2)33-39(36-29-19-11-5-12-20-29)37-30-21-13-6-14-22-30/h3-22,25-26H,23-24H2,1-2H3. The van der Waals surface area contributed by atoms with Gasteiger partial charge in [-0.05, 0) is 62.4 Å². The van der Waals surface area contributed by atoms with Crippen LogP contribution < -0.4 is 18.1 Å². The van der Waals surface area contributed by atoms with E-state index in [1.165, 1.54) is 0 Å². The van der Waals surface area contributed by atoms with E-state index in [9.17, 15) is 0 Å². The molecular formula is C30H32O7P2. The van der Waals surface area contributed by atoms with E-state index >= 15 is 0 Å². The Morgan fingerprint density at radius 3 is 0.949 bits per heavy atom. The number of ether oxygens (including phenoxy) is 1. The van der Waals surface area contributed by atoms with Crippen LogP contribution in [0.5, 0.6) is 23.0 Å². The Hall–Kier alpha value is -3.18. The Balaban J connectivity index is 1.27. The van der Waals surface area contributed by atoms with Crippen molar-refractivity contribution in [2.24, 2.45) is 0 Å². The van der Waals surface area contributed by atoms with Crippen molar-refractivity contribution in [3.05, 3.63) is 121 Å². The lowest BCUT2D eigenvalue weighted by Gasteiger charge is -2.23. The molecule has 204 valence electrons. The van der Waals surface area contributed by atoms with E-state index in [2.05, 4.69) is 0 Å². The fourth-order valence-electron chi connectivity index (χ4n) is 3.15. The van der Waals surface area contributed by atoms with Gasteiger partial charge >= 0.3 is 17.2 Å². The molecule has 9 heteroatoms. The molecule has 7 nitrogen and oxygen atoms in total. The van der Waals surface area contributed by atoms with E-state index in [1.54, 1.807) is 0 Å². The highest BCUT2D eigenvalue weighted by molar-refractivity contribution is 7.42. The number of rotatable bonds is 16. The molecule has 4 aromatic carbocycles. The van der Waals surface area contributed by atoms with Gasteiger partial charge in [0.05, 0.1) is 25.4 Å². The molecule has 0 bridgehead atoms. The molecule has 2 atom stereocenters. The highest BCUT2D eigenvalue weighted by Gasteiger charge is 2.23. The molecule has 0 fully saturated rings. The highest BCUT2D eigenvalue weighted by Crippen LogP contribution is 2.43. The number of para-hydroxylation sites is 4. The molecule has 0 heterocycles. The average molecular weight is 567 g/mol. The van der Waals surface area contributed by atoms with Gasteiger partial charge in [-0.15, -0.1) is 0 Å². The number of hydrogen-bond acceptors (Lipinski definition) is 7. The van der Waals surface area contributed by atoms with Crippen LogP contribution in [0.1, 0.15) is 13.8 Å². The van der Waals surface area contributed by atoms with Gasteiger partial charge in [0, 0.05) is 0 Å². The van der Waals surface area contributed by atoms with E-state index in [0.717, 1.165) is 0 Å². The zero-order valence-corrected chi connectivity index (χ0v) is 23.7. The molecule has 0 N–H and O–H groups in total. The van der Waals surface area contributed by atoms with Gasteiger partial charge in [-0.2, -0.15) is 0 Å². The zero-order valence-electron chi connectivity index (χ0n) is 21.9. The molecule has 0 aliphatic carbocycles. The van der Waals surface area contributed by atoms with E-state index in [-0.39, 0.29) is 12.2 Å². The van der Waals surface area contributed by atoms with Crippen molar-refractivity contribution >= 4 is 17.2 Å². The third kappa shape index (κ3) is 10.8. The number of hydrogen-bond donors (Lipinski definition) is 0. The predicted molar refractivity (Wildman–Crippen MR) is 154 cm³/mol. The summed E-state index contributed by atoms with van der Waals surface area (Å²) in [7, 11) is -3.41. The van der Waals surface area contributed by atoms with Gasteiger partial charge in [-0.3, -0.25) is 9.05 Å². The Bertz CT molecular complexity index is 1010. The molecule has 4 aromatic rings. The Kier molecular flexibility index (Phi) is 11.9. The molecule has 0 saturated carbocycles. The molecule has 2 unspecified atom stereocenters. The van der Waals surface area contributed by atoms with Crippen molar-refractivity contribution in [3.63, 3.8) is 0 Å². The smallest absolute Gasteiger partial charge is 0.418 e. The maximum atomic E-state index is 6.09. The highest BCUT2D eigenvalue weighted by atomic mass is 31.2. The summed E-state index contributed by atoms with van der Waals surface area (Å²) < 4.78 is 42.1. The Morgan fingerprint density at radius 2 is 0.692 bits per heavy atom. The zero-order chi connectivity index (χ0) is 27.1. The predicted octanol–water partition coefficient (Wildman–Crippen LogP) is 8.58. The van der Waals surface area contributed by atoms with Crippen molar-refractivity contribution in [2.75, 3.05) is 13.2 Å². The first kappa shape index (κ1) is 28.8. The molecule has 0 aliphatic heterocycles. The van der Waals surface area contributed by atoms with Gasteiger partial charge in [0.2, 0.25) is 0 Å². The van der Waals surface area contributed by atoms with Crippen LogP contribution >= 0.6 is 17.2 Å². The van der Waals surface area contributed by atoms with Gasteiger partial charge in [-0.1, -0.05) is 72.8 Å². The van der Waals surface area contributed by atoms with Crippen LogP contribution in [-0.2, 0) is 13.8 Å². The molecule has 0 spiro atoms. The van der Waals surface area contributed by atoms with Crippen LogP contribution in [0.25, 0.3) is 0 Å². The van der Waals surface area contributed by atoms with Crippen LogP contribution in [0.4, 0.5) is 0 Å². The first-order valence-corrected chi connectivity index (χ1v) is 14.8. The van der Waals surface area contributed by atoms with Crippen molar-refractivity contribution in [1.29, 1.82) is 0 Å². The maximum Gasteiger partial charge on any atom is 0.463 e. The lowest BCUT2D eigenvalue weighted by atomic mass is 10.3. The van der Waals surface area contributed by atoms with Gasteiger partial charge < -0.3 is 22.8 Å². The molecule has 0 aliphatic rings. The van der Waals surface area contributed by atoms with Gasteiger partial charge in [-0.25, -0.2) is 0 Å². The first-order valence-electron chi connectivity index (χ1n) is 12.6. The lowest BCUT2D eigenvalue weighted by Crippen LogP contribution is -2.21. The number of benzene rings is 4. The largest absolute Gasteiger partial charge is 0.463 e. The topological polar surface area (TPSA) is 64.6 Å². The summed E-state index contributed by atoms with van der Waals surface area (Å²) in [6, 6.07) is 37.8. The molecular weight excluding hydrogens is 534 g/mol. The second kappa shape index (κ2) is 16.0. The summed E-state index contributed by atoms with van der Waals surface area (Å²) in [6.07, 6.45) is -0.586. The van der Waals surface area contributed by atoms with Crippen molar-refractivity contribution in [3.8, 4) is 23.0 Å². The van der Waals surface area contributed by atoms with Crippen LogP contribution in [0.15, 0.2) is 121 Å². The second-order valence-electron chi connectivity index (χ2n) is 8.43. The monoisotopic (exact) mass is 566 g/mol. The molecule has 0 amide bonds. The Morgan fingerprint density at radius 1 is 0.436 bits per heavy atom. The molecule has 0 saturated heterocycles. The fourth-order valence-corrected chi connectivity index (χ4v) is 5.28.